The molecule has 0 aromatic carbocycles. The van der Waals surface area contributed by atoms with E-state index in [2.05, 4.69) is 9.88 Å². The lowest BCUT2D eigenvalue weighted by atomic mass is 9.82. The second kappa shape index (κ2) is 5.14. The number of ether oxygens (including phenoxy) is 3. The average molecular weight is 290 g/mol. The third kappa shape index (κ3) is 2.10. The molecule has 0 unspecified atom stereocenters. The number of rotatable bonds is 4. The standard InChI is InChI=1S/C16H22N2O3/c1-19-15-5-6-17-12(16(15)20-2)9-18-7-10-11(8-18)14-4-3-13(10)21-14/h5-6,10-11,13-14H,3-4,7-9H2,1-2H3/t10-,11+,13+,14-. The van der Waals surface area contributed by atoms with Gasteiger partial charge in [0.25, 0.3) is 0 Å². The normalized spacial score (nSPS) is 34.2. The van der Waals surface area contributed by atoms with Gasteiger partial charge < -0.3 is 14.2 Å². The maximum atomic E-state index is 6.03. The van der Waals surface area contributed by atoms with E-state index in [1.54, 1.807) is 20.4 Å². The molecular formula is C16H22N2O3. The summed E-state index contributed by atoms with van der Waals surface area (Å²) in [5.74, 6) is 2.96. The highest BCUT2D eigenvalue weighted by Gasteiger charge is 2.52. The molecule has 0 N–H and O–H groups in total. The van der Waals surface area contributed by atoms with Crippen LogP contribution < -0.4 is 9.47 Å². The Morgan fingerprint density at radius 3 is 2.52 bits per heavy atom. The molecule has 4 rings (SSSR count). The third-order valence-corrected chi connectivity index (χ3v) is 5.27. The second-order valence-electron chi connectivity index (χ2n) is 6.31. The Balaban J connectivity index is 1.50. The van der Waals surface area contributed by atoms with E-state index >= 15 is 0 Å². The molecule has 2 bridgehead atoms. The Kier molecular flexibility index (Phi) is 3.27. The van der Waals surface area contributed by atoms with Gasteiger partial charge >= 0.3 is 0 Å². The molecule has 3 saturated heterocycles. The van der Waals surface area contributed by atoms with Crippen molar-refractivity contribution in [2.24, 2.45) is 11.8 Å². The van der Waals surface area contributed by atoms with Crippen molar-refractivity contribution in [2.45, 2.75) is 31.6 Å². The molecule has 0 saturated carbocycles. The van der Waals surface area contributed by atoms with Crippen LogP contribution in [0.1, 0.15) is 18.5 Å². The van der Waals surface area contributed by atoms with Crippen LogP contribution in [0.3, 0.4) is 0 Å². The molecule has 21 heavy (non-hydrogen) atoms. The highest BCUT2D eigenvalue weighted by atomic mass is 16.5. The molecule has 3 fully saturated rings. The summed E-state index contributed by atoms with van der Waals surface area (Å²) in [5, 5.41) is 0. The smallest absolute Gasteiger partial charge is 0.183 e. The summed E-state index contributed by atoms with van der Waals surface area (Å²) in [5.41, 5.74) is 0.963. The molecule has 1 aromatic heterocycles. The van der Waals surface area contributed by atoms with Gasteiger partial charge in [-0.25, -0.2) is 0 Å². The summed E-state index contributed by atoms with van der Waals surface area (Å²) >= 11 is 0. The maximum Gasteiger partial charge on any atom is 0.183 e. The van der Waals surface area contributed by atoms with Gasteiger partial charge in [0.1, 0.15) is 5.69 Å². The molecule has 0 aliphatic carbocycles. The van der Waals surface area contributed by atoms with Crippen LogP contribution in [0.4, 0.5) is 0 Å². The SMILES string of the molecule is COc1ccnc(CN2C[C@@H]3[C@H](C2)[C@H]2CC[C@@H]3O2)c1OC. The van der Waals surface area contributed by atoms with E-state index in [1.165, 1.54) is 12.8 Å². The number of hydrogen-bond donors (Lipinski definition) is 0. The van der Waals surface area contributed by atoms with E-state index in [1.807, 2.05) is 6.07 Å². The molecule has 3 aliphatic rings. The first-order valence-electron chi connectivity index (χ1n) is 7.74. The van der Waals surface area contributed by atoms with Crippen LogP contribution >= 0.6 is 0 Å². The lowest BCUT2D eigenvalue weighted by molar-refractivity contribution is 0.0694. The molecule has 5 heteroatoms. The van der Waals surface area contributed by atoms with Crippen LogP contribution in [0.5, 0.6) is 11.5 Å². The highest BCUT2D eigenvalue weighted by Crippen LogP contribution is 2.47. The quantitative estimate of drug-likeness (QED) is 0.844. The van der Waals surface area contributed by atoms with Gasteiger partial charge in [-0.2, -0.15) is 0 Å². The number of hydrogen-bond acceptors (Lipinski definition) is 5. The van der Waals surface area contributed by atoms with Crippen LogP contribution in [0.15, 0.2) is 12.3 Å². The fourth-order valence-corrected chi connectivity index (χ4v) is 4.35. The predicted octanol–water partition coefficient (Wildman–Crippen LogP) is 1.71. The van der Waals surface area contributed by atoms with Gasteiger partial charge in [0.15, 0.2) is 11.5 Å². The Bertz CT molecular complexity index is 518. The molecule has 4 heterocycles. The van der Waals surface area contributed by atoms with Gasteiger partial charge in [-0.3, -0.25) is 9.88 Å². The van der Waals surface area contributed by atoms with Crippen LogP contribution in [0.2, 0.25) is 0 Å². The van der Waals surface area contributed by atoms with E-state index < -0.39 is 0 Å². The first-order valence-corrected chi connectivity index (χ1v) is 7.74. The fourth-order valence-electron chi connectivity index (χ4n) is 4.35. The fraction of sp³-hybridized carbons (Fsp3) is 0.688. The third-order valence-electron chi connectivity index (χ3n) is 5.27. The molecule has 1 aromatic rings. The number of likely N-dealkylation sites (tertiary alicyclic amines) is 1. The topological polar surface area (TPSA) is 43.8 Å². The summed E-state index contributed by atoms with van der Waals surface area (Å²) < 4.78 is 16.9. The molecular weight excluding hydrogens is 268 g/mol. The first-order chi connectivity index (χ1) is 10.3. The molecule has 3 aliphatic heterocycles. The number of methoxy groups -OCH3 is 2. The van der Waals surface area contributed by atoms with Gasteiger partial charge in [-0.15, -0.1) is 0 Å². The Morgan fingerprint density at radius 1 is 1.19 bits per heavy atom. The van der Waals surface area contributed by atoms with Gasteiger partial charge in [-0.05, 0) is 12.8 Å². The Hall–Kier alpha value is -1.33. The van der Waals surface area contributed by atoms with Gasteiger partial charge in [0, 0.05) is 43.7 Å². The molecule has 114 valence electrons. The van der Waals surface area contributed by atoms with Gasteiger partial charge in [0.2, 0.25) is 0 Å². The number of fused-ring (bicyclic) bond motifs is 5. The molecule has 0 amide bonds. The van der Waals surface area contributed by atoms with Crippen molar-refractivity contribution in [2.75, 3.05) is 27.3 Å². The van der Waals surface area contributed by atoms with E-state index in [0.717, 1.165) is 48.7 Å². The highest BCUT2D eigenvalue weighted by molar-refractivity contribution is 5.42. The monoisotopic (exact) mass is 290 g/mol. The van der Waals surface area contributed by atoms with E-state index in [9.17, 15) is 0 Å². The van der Waals surface area contributed by atoms with Crippen molar-refractivity contribution in [3.8, 4) is 11.5 Å². The van der Waals surface area contributed by atoms with Gasteiger partial charge in [0.05, 0.1) is 26.4 Å². The summed E-state index contributed by atoms with van der Waals surface area (Å²) in [4.78, 5) is 6.98. The number of aromatic nitrogens is 1. The number of nitrogens with zero attached hydrogens (tertiary/aromatic N) is 2. The Labute approximate surface area is 125 Å². The van der Waals surface area contributed by atoms with E-state index in [0.29, 0.717) is 12.2 Å². The second-order valence-corrected chi connectivity index (χ2v) is 6.31. The zero-order valence-electron chi connectivity index (χ0n) is 12.6. The molecule has 5 nitrogen and oxygen atoms in total. The van der Waals surface area contributed by atoms with Crippen LogP contribution in [0, 0.1) is 11.8 Å². The zero-order chi connectivity index (χ0) is 14.4. The van der Waals surface area contributed by atoms with Crippen molar-refractivity contribution < 1.29 is 14.2 Å². The Morgan fingerprint density at radius 2 is 1.90 bits per heavy atom. The first kappa shape index (κ1) is 13.3. The van der Waals surface area contributed by atoms with Crippen molar-refractivity contribution in [1.29, 1.82) is 0 Å². The molecule has 4 atom stereocenters. The molecule has 0 spiro atoms. The lowest BCUT2D eigenvalue weighted by Gasteiger charge is -2.19. The summed E-state index contributed by atoms with van der Waals surface area (Å²) in [7, 11) is 3.34. The van der Waals surface area contributed by atoms with E-state index in [4.69, 9.17) is 14.2 Å². The predicted molar refractivity (Wildman–Crippen MR) is 77.5 cm³/mol. The van der Waals surface area contributed by atoms with Crippen molar-refractivity contribution >= 4 is 0 Å². The van der Waals surface area contributed by atoms with Crippen LogP contribution in [0.25, 0.3) is 0 Å². The van der Waals surface area contributed by atoms with Crippen molar-refractivity contribution in [3.05, 3.63) is 18.0 Å². The lowest BCUT2D eigenvalue weighted by Crippen LogP contribution is -2.25. The maximum absolute atomic E-state index is 6.03. The minimum Gasteiger partial charge on any atom is -0.493 e. The number of pyridine rings is 1. The van der Waals surface area contributed by atoms with Gasteiger partial charge in [-0.1, -0.05) is 0 Å². The van der Waals surface area contributed by atoms with Crippen LogP contribution in [-0.2, 0) is 11.3 Å². The van der Waals surface area contributed by atoms with Crippen LogP contribution in [-0.4, -0.2) is 49.4 Å². The largest absolute Gasteiger partial charge is 0.493 e. The van der Waals surface area contributed by atoms with Crippen molar-refractivity contribution in [3.63, 3.8) is 0 Å². The minimum absolute atomic E-state index is 0.505. The summed E-state index contributed by atoms with van der Waals surface area (Å²) in [6.45, 7) is 3.06. The molecule has 0 radical (unpaired) electrons. The van der Waals surface area contributed by atoms with E-state index in [-0.39, 0.29) is 0 Å². The minimum atomic E-state index is 0.505. The zero-order valence-corrected chi connectivity index (χ0v) is 12.6. The summed E-state index contributed by atoms with van der Waals surface area (Å²) in [6, 6.07) is 1.84. The van der Waals surface area contributed by atoms with Crippen molar-refractivity contribution in [1.82, 2.24) is 9.88 Å². The summed E-state index contributed by atoms with van der Waals surface area (Å²) in [6.07, 6.45) is 5.30. The average Bonchev–Trinajstić information content (AvgIpc) is 3.19.